The van der Waals surface area contributed by atoms with Crippen LogP contribution in [-0.4, -0.2) is 28.0 Å². The summed E-state index contributed by atoms with van der Waals surface area (Å²) < 4.78 is 6.83. The summed E-state index contributed by atoms with van der Waals surface area (Å²) in [7, 11) is 0. The van der Waals surface area contributed by atoms with Gasteiger partial charge in [0.15, 0.2) is 6.61 Å². The number of aromatic nitrogens is 2. The third kappa shape index (κ3) is 4.66. The summed E-state index contributed by atoms with van der Waals surface area (Å²) >= 11 is 0. The molecule has 1 amide bonds. The Labute approximate surface area is 180 Å². The number of nitrogens with one attached hydrogen (secondary N) is 1. The maximum absolute atomic E-state index is 12.5. The van der Waals surface area contributed by atoms with Gasteiger partial charge in [0.05, 0.1) is 16.5 Å². The number of amides is 1. The molecule has 1 aromatic heterocycles. The molecule has 2 heterocycles. The average Bonchev–Trinajstić information content (AvgIpc) is 3.25. The number of ether oxygens (including phenoxy) is 1. The number of nitrogens with zero attached hydrogens (tertiary/aromatic N) is 2. The number of esters is 1. The fraction of sp³-hybridized carbons (Fsp3) is 0.333. The highest BCUT2D eigenvalue weighted by Crippen LogP contribution is 2.17. The zero-order valence-corrected chi connectivity index (χ0v) is 17.5. The van der Waals surface area contributed by atoms with Crippen LogP contribution in [0.25, 0.3) is 10.9 Å². The fourth-order valence-corrected chi connectivity index (χ4v) is 3.76. The number of carbonyl (C=O) groups is 2. The molecule has 0 unspecified atom stereocenters. The second-order valence-corrected chi connectivity index (χ2v) is 7.75. The van der Waals surface area contributed by atoms with Crippen molar-refractivity contribution in [2.75, 3.05) is 11.9 Å². The number of rotatable bonds is 7. The highest BCUT2D eigenvalue weighted by atomic mass is 16.5. The van der Waals surface area contributed by atoms with Crippen LogP contribution in [0.4, 0.5) is 5.69 Å². The summed E-state index contributed by atoms with van der Waals surface area (Å²) in [4.78, 5) is 41.6. The van der Waals surface area contributed by atoms with Gasteiger partial charge in [0, 0.05) is 18.7 Å². The number of fused-ring (bicyclic) bond motifs is 2. The van der Waals surface area contributed by atoms with E-state index in [2.05, 4.69) is 17.2 Å². The first-order valence-electron chi connectivity index (χ1n) is 10.6. The van der Waals surface area contributed by atoms with Crippen molar-refractivity contribution in [3.05, 3.63) is 69.8 Å². The zero-order valence-electron chi connectivity index (χ0n) is 17.5. The molecule has 1 aliphatic heterocycles. The molecule has 2 aromatic carbocycles. The van der Waals surface area contributed by atoms with Crippen LogP contribution in [0, 0.1) is 0 Å². The SMILES string of the molecule is CCCCc1ccc(NC(=O)COC(=O)c2ccc3c(=O)n4c(nc3c2)CCC4)cc1. The minimum atomic E-state index is -0.630. The Bertz CT molecular complexity index is 1180. The molecule has 160 valence electrons. The Morgan fingerprint density at radius 2 is 1.97 bits per heavy atom. The lowest BCUT2D eigenvalue weighted by atomic mass is 10.1. The Morgan fingerprint density at radius 3 is 2.74 bits per heavy atom. The number of hydrogen-bond donors (Lipinski definition) is 1. The molecule has 0 atom stereocenters. The van der Waals surface area contributed by atoms with Crippen molar-refractivity contribution < 1.29 is 14.3 Å². The molecule has 0 bridgehead atoms. The molecule has 1 aliphatic rings. The van der Waals surface area contributed by atoms with E-state index in [0.717, 1.165) is 37.9 Å². The highest BCUT2D eigenvalue weighted by molar-refractivity contribution is 5.97. The maximum atomic E-state index is 12.5. The normalized spacial score (nSPS) is 12.5. The highest BCUT2D eigenvalue weighted by Gasteiger charge is 2.18. The van der Waals surface area contributed by atoms with Crippen molar-refractivity contribution in [1.29, 1.82) is 0 Å². The van der Waals surface area contributed by atoms with Gasteiger partial charge in [-0.15, -0.1) is 0 Å². The first-order valence-corrected chi connectivity index (χ1v) is 10.6. The van der Waals surface area contributed by atoms with E-state index in [4.69, 9.17) is 4.74 Å². The van der Waals surface area contributed by atoms with Crippen molar-refractivity contribution in [1.82, 2.24) is 9.55 Å². The lowest BCUT2D eigenvalue weighted by molar-refractivity contribution is -0.119. The van der Waals surface area contributed by atoms with Gasteiger partial charge in [-0.3, -0.25) is 14.2 Å². The summed E-state index contributed by atoms with van der Waals surface area (Å²) in [5, 5.41) is 3.20. The standard InChI is InChI=1S/C24H25N3O4/c1-2-3-5-16-7-10-18(11-8-16)25-22(28)15-31-24(30)17-9-12-19-20(14-17)26-21-6-4-13-27(21)23(19)29/h7-12,14H,2-6,13,15H2,1H3,(H,25,28). The Morgan fingerprint density at radius 1 is 1.16 bits per heavy atom. The van der Waals surface area contributed by atoms with E-state index in [1.165, 1.54) is 11.6 Å². The van der Waals surface area contributed by atoms with Gasteiger partial charge >= 0.3 is 5.97 Å². The first kappa shape index (κ1) is 20.8. The predicted molar refractivity (Wildman–Crippen MR) is 118 cm³/mol. The van der Waals surface area contributed by atoms with Crippen molar-refractivity contribution >= 4 is 28.5 Å². The van der Waals surface area contributed by atoms with Gasteiger partial charge in [-0.05, 0) is 55.2 Å². The third-order valence-corrected chi connectivity index (χ3v) is 5.44. The minimum absolute atomic E-state index is 0.0856. The van der Waals surface area contributed by atoms with E-state index in [-0.39, 0.29) is 11.1 Å². The number of unbranched alkanes of at least 4 members (excludes halogenated alkanes) is 1. The first-order chi connectivity index (χ1) is 15.0. The zero-order chi connectivity index (χ0) is 21.8. The van der Waals surface area contributed by atoms with Crippen LogP contribution in [0.15, 0.2) is 47.3 Å². The van der Waals surface area contributed by atoms with Crippen molar-refractivity contribution in [2.24, 2.45) is 0 Å². The second-order valence-electron chi connectivity index (χ2n) is 7.75. The largest absolute Gasteiger partial charge is 0.452 e. The molecule has 3 aromatic rings. The number of benzene rings is 2. The van der Waals surface area contributed by atoms with Crippen LogP contribution in [-0.2, 0) is 28.9 Å². The molecule has 0 fully saturated rings. The van der Waals surface area contributed by atoms with Crippen molar-refractivity contribution in [2.45, 2.75) is 45.6 Å². The van der Waals surface area contributed by atoms with Crippen LogP contribution >= 0.6 is 0 Å². The van der Waals surface area contributed by atoms with Gasteiger partial charge in [-0.1, -0.05) is 25.5 Å². The lowest BCUT2D eigenvalue weighted by Crippen LogP contribution is -2.22. The van der Waals surface area contributed by atoms with Crippen LogP contribution < -0.4 is 10.9 Å². The van der Waals surface area contributed by atoms with E-state index in [1.807, 2.05) is 24.3 Å². The third-order valence-electron chi connectivity index (χ3n) is 5.44. The van der Waals surface area contributed by atoms with Crippen molar-refractivity contribution in [3.8, 4) is 0 Å². The topological polar surface area (TPSA) is 90.3 Å². The van der Waals surface area contributed by atoms with Gasteiger partial charge in [0.2, 0.25) is 0 Å². The van der Waals surface area contributed by atoms with Crippen molar-refractivity contribution in [3.63, 3.8) is 0 Å². The number of hydrogen-bond acceptors (Lipinski definition) is 5. The summed E-state index contributed by atoms with van der Waals surface area (Å²) in [6.45, 7) is 2.43. The molecule has 7 nitrogen and oxygen atoms in total. The van der Waals surface area contributed by atoms with Crippen LogP contribution in [0.2, 0.25) is 0 Å². The number of carbonyl (C=O) groups excluding carboxylic acids is 2. The summed E-state index contributed by atoms with van der Waals surface area (Å²) in [6.07, 6.45) is 4.92. The van der Waals surface area contributed by atoms with E-state index >= 15 is 0 Å². The Balaban J connectivity index is 1.37. The summed E-state index contributed by atoms with van der Waals surface area (Å²) in [5.74, 6) is -0.304. The Hall–Kier alpha value is -3.48. The van der Waals surface area contributed by atoms with Crippen LogP contribution in [0.1, 0.15) is 47.9 Å². The molecule has 31 heavy (non-hydrogen) atoms. The van der Waals surface area contributed by atoms with E-state index < -0.39 is 18.5 Å². The maximum Gasteiger partial charge on any atom is 0.338 e. The quantitative estimate of drug-likeness (QED) is 0.592. The Kier molecular flexibility index (Phi) is 6.11. The second kappa shape index (κ2) is 9.12. The molecule has 4 rings (SSSR count). The van der Waals surface area contributed by atoms with Gasteiger partial charge in [-0.2, -0.15) is 0 Å². The molecule has 0 saturated carbocycles. The lowest BCUT2D eigenvalue weighted by Gasteiger charge is -2.09. The van der Waals surface area contributed by atoms with Gasteiger partial charge in [0.1, 0.15) is 5.82 Å². The fourth-order valence-electron chi connectivity index (χ4n) is 3.76. The van der Waals surface area contributed by atoms with Gasteiger partial charge in [-0.25, -0.2) is 9.78 Å². The molecular weight excluding hydrogens is 394 g/mol. The van der Waals surface area contributed by atoms with Crippen LogP contribution in [0.3, 0.4) is 0 Å². The van der Waals surface area contributed by atoms with E-state index in [1.54, 1.807) is 16.7 Å². The smallest absolute Gasteiger partial charge is 0.338 e. The number of anilines is 1. The summed E-state index contributed by atoms with van der Waals surface area (Å²) in [5.41, 5.74) is 2.53. The van der Waals surface area contributed by atoms with Crippen LogP contribution in [0.5, 0.6) is 0 Å². The predicted octanol–water partition coefficient (Wildman–Crippen LogP) is 3.48. The molecule has 0 aliphatic carbocycles. The molecule has 0 radical (unpaired) electrons. The molecule has 0 spiro atoms. The van der Waals surface area contributed by atoms with Gasteiger partial charge in [0.25, 0.3) is 11.5 Å². The molecule has 0 saturated heterocycles. The molecular formula is C24H25N3O4. The van der Waals surface area contributed by atoms with E-state index in [0.29, 0.717) is 23.1 Å². The molecule has 7 heteroatoms. The summed E-state index contributed by atoms with van der Waals surface area (Å²) in [6, 6.07) is 12.3. The van der Waals surface area contributed by atoms with Gasteiger partial charge < -0.3 is 10.1 Å². The van der Waals surface area contributed by atoms with E-state index in [9.17, 15) is 14.4 Å². The number of aryl methyl sites for hydroxylation is 2. The molecule has 1 N–H and O–H groups in total. The minimum Gasteiger partial charge on any atom is -0.452 e. The average molecular weight is 419 g/mol. The monoisotopic (exact) mass is 419 g/mol.